The number of carbonyl (C=O) groups is 1. The number of aromatic nitrogens is 7. The molecule has 0 aromatic carbocycles. The Bertz CT molecular complexity index is 1690. The molecule has 12 heteroatoms. The van der Waals surface area contributed by atoms with E-state index >= 15 is 0 Å². The van der Waals surface area contributed by atoms with Crippen molar-refractivity contribution in [1.29, 1.82) is 5.26 Å². The molecule has 0 spiro atoms. The molecule has 1 amide bonds. The largest absolute Gasteiger partial charge is 0.353 e. The summed E-state index contributed by atoms with van der Waals surface area (Å²) in [5, 5.41) is 18.2. The summed E-state index contributed by atoms with van der Waals surface area (Å²) in [6, 6.07) is 8.90. The summed E-state index contributed by atoms with van der Waals surface area (Å²) >= 11 is 0. The molecule has 0 bridgehead atoms. The lowest BCUT2D eigenvalue weighted by Gasteiger charge is -2.35. The van der Waals surface area contributed by atoms with Crippen LogP contribution in [0.5, 0.6) is 0 Å². The van der Waals surface area contributed by atoms with Gasteiger partial charge in [-0.3, -0.25) is 14.5 Å². The number of amides is 1. The van der Waals surface area contributed by atoms with Gasteiger partial charge in [0.2, 0.25) is 5.91 Å². The van der Waals surface area contributed by atoms with Crippen LogP contribution in [0.1, 0.15) is 11.3 Å². The van der Waals surface area contributed by atoms with Gasteiger partial charge in [-0.2, -0.15) is 15.5 Å². The van der Waals surface area contributed by atoms with Gasteiger partial charge in [0.1, 0.15) is 28.8 Å². The van der Waals surface area contributed by atoms with Gasteiger partial charge < -0.3 is 9.80 Å². The smallest absolute Gasteiger partial charge is 0.228 e. The van der Waals surface area contributed by atoms with E-state index in [9.17, 15) is 14.4 Å². The van der Waals surface area contributed by atoms with Crippen LogP contribution in [0.2, 0.25) is 0 Å². The molecule has 1 fully saturated rings. The molecule has 0 saturated carbocycles. The van der Waals surface area contributed by atoms with E-state index in [2.05, 4.69) is 31.1 Å². The molecule has 39 heavy (non-hydrogen) atoms. The number of rotatable bonds is 5. The second-order valence-corrected chi connectivity index (χ2v) is 9.26. The van der Waals surface area contributed by atoms with Gasteiger partial charge in [-0.25, -0.2) is 18.9 Å². The summed E-state index contributed by atoms with van der Waals surface area (Å²) in [5.41, 5.74) is 4.47. The summed E-state index contributed by atoms with van der Waals surface area (Å²) < 4.78 is 16.5. The third kappa shape index (κ3) is 4.77. The Labute approximate surface area is 222 Å². The van der Waals surface area contributed by atoms with Crippen molar-refractivity contribution < 1.29 is 9.18 Å². The molecule has 0 N–H and O–H groups in total. The average molecular weight is 523 g/mol. The zero-order chi connectivity index (χ0) is 26.9. The number of piperazine rings is 1. The van der Waals surface area contributed by atoms with E-state index in [1.165, 1.54) is 18.3 Å². The maximum atomic E-state index is 13.1. The van der Waals surface area contributed by atoms with Crippen molar-refractivity contribution in [3.05, 3.63) is 78.5 Å². The van der Waals surface area contributed by atoms with Gasteiger partial charge in [-0.05, 0) is 24.3 Å². The second kappa shape index (κ2) is 9.94. The normalized spacial score (nSPS) is 13.6. The number of nitriles is 1. The fourth-order valence-electron chi connectivity index (χ4n) is 4.67. The van der Waals surface area contributed by atoms with Crippen molar-refractivity contribution in [3.8, 4) is 28.6 Å². The van der Waals surface area contributed by atoms with Crippen LogP contribution in [0.4, 0.5) is 10.2 Å². The fourth-order valence-corrected chi connectivity index (χ4v) is 4.67. The average Bonchev–Trinajstić information content (AvgIpc) is 3.60. The maximum Gasteiger partial charge on any atom is 0.228 e. The van der Waals surface area contributed by atoms with E-state index in [0.717, 1.165) is 23.1 Å². The van der Waals surface area contributed by atoms with E-state index in [1.54, 1.807) is 32.7 Å². The first kappa shape index (κ1) is 24.2. The molecule has 5 aromatic heterocycles. The number of pyridine rings is 2. The molecule has 6 rings (SSSR count). The van der Waals surface area contributed by atoms with E-state index in [1.807, 2.05) is 25.4 Å². The maximum absolute atomic E-state index is 13.1. The van der Waals surface area contributed by atoms with Crippen LogP contribution in [-0.4, -0.2) is 71.3 Å². The zero-order valence-electron chi connectivity index (χ0n) is 21.1. The predicted octanol–water partition coefficient (Wildman–Crippen LogP) is 2.49. The van der Waals surface area contributed by atoms with E-state index in [0.29, 0.717) is 54.3 Å². The van der Waals surface area contributed by atoms with Crippen LogP contribution in [0.25, 0.3) is 28.0 Å². The van der Waals surface area contributed by atoms with Crippen molar-refractivity contribution in [2.75, 3.05) is 31.1 Å². The molecule has 1 aliphatic rings. The molecule has 1 aliphatic heterocycles. The molecule has 0 unspecified atom stereocenters. The van der Waals surface area contributed by atoms with Gasteiger partial charge in [-0.15, -0.1) is 0 Å². The summed E-state index contributed by atoms with van der Waals surface area (Å²) in [6.07, 6.45) is 9.93. The highest BCUT2D eigenvalue weighted by Gasteiger charge is 2.23. The minimum absolute atomic E-state index is 0.0326. The van der Waals surface area contributed by atoms with Crippen molar-refractivity contribution in [1.82, 2.24) is 39.2 Å². The summed E-state index contributed by atoms with van der Waals surface area (Å²) in [6.45, 7) is 2.38. The van der Waals surface area contributed by atoms with Crippen LogP contribution < -0.4 is 4.90 Å². The first-order chi connectivity index (χ1) is 19.0. The summed E-state index contributed by atoms with van der Waals surface area (Å²) in [7, 11) is 1.84. The van der Waals surface area contributed by atoms with E-state index in [-0.39, 0.29) is 12.3 Å². The molecule has 1 saturated heterocycles. The van der Waals surface area contributed by atoms with Gasteiger partial charge in [0.15, 0.2) is 0 Å². The molecule has 0 radical (unpaired) electrons. The third-order valence-electron chi connectivity index (χ3n) is 6.72. The molecule has 194 valence electrons. The molecule has 0 atom stereocenters. The van der Waals surface area contributed by atoms with Gasteiger partial charge in [0.05, 0.1) is 42.6 Å². The Kier molecular flexibility index (Phi) is 6.16. The monoisotopic (exact) mass is 522 g/mol. The number of anilines is 1. The summed E-state index contributed by atoms with van der Waals surface area (Å²) in [5.74, 6) is 0.338. The number of fused-ring (bicyclic) bond motifs is 1. The highest BCUT2D eigenvalue weighted by Crippen LogP contribution is 2.29. The SMILES string of the molecule is Cn1cc(-c2cn3ncc(C#N)c3c(-c3ccc(N4CCN(C(=O)Cc5ccc(F)cn5)CC4)nc3)n2)cn1. The predicted molar refractivity (Wildman–Crippen MR) is 140 cm³/mol. The van der Waals surface area contributed by atoms with Crippen LogP contribution >= 0.6 is 0 Å². The molecule has 11 nitrogen and oxygen atoms in total. The Hall–Kier alpha value is -5.18. The topological polar surface area (TPSA) is 121 Å². The Morgan fingerprint density at radius 2 is 1.82 bits per heavy atom. The molecule has 6 heterocycles. The fraction of sp³-hybridized carbons (Fsp3) is 0.222. The Balaban J connectivity index is 1.20. The van der Waals surface area contributed by atoms with Crippen molar-refractivity contribution >= 4 is 17.2 Å². The first-order valence-corrected chi connectivity index (χ1v) is 12.4. The van der Waals surface area contributed by atoms with Crippen LogP contribution in [0.3, 0.4) is 0 Å². The standard InChI is InChI=1S/C27H23FN10O/c1-35-16-20(14-32-35)23-17-38-27(19(11-29)13-33-38)26(34-23)18-2-5-24(31-12-18)36-6-8-37(9-7-36)25(39)10-22-4-3-21(28)15-30-22/h2-5,12-17H,6-10H2,1H3. The lowest BCUT2D eigenvalue weighted by molar-refractivity contribution is -0.130. The van der Waals surface area contributed by atoms with Crippen LogP contribution in [-0.2, 0) is 18.3 Å². The zero-order valence-corrected chi connectivity index (χ0v) is 21.1. The number of hydrogen-bond donors (Lipinski definition) is 0. The summed E-state index contributed by atoms with van der Waals surface area (Å²) in [4.78, 5) is 30.1. The minimum atomic E-state index is -0.421. The minimum Gasteiger partial charge on any atom is -0.353 e. The molecule has 5 aromatic rings. The Morgan fingerprint density at radius 3 is 2.49 bits per heavy atom. The van der Waals surface area contributed by atoms with Crippen LogP contribution in [0, 0.1) is 17.1 Å². The molecular weight excluding hydrogens is 499 g/mol. The number of hydrogen-bond acceptors (Lipinski definition) is 8. The Morgan fingerprint density at radius 1 is 0.974 bits per heavy atom. The number of nitrogens with zero attached hydrogens (tertiary/aromatic N) is 10. The molecule has 0 aliphatic carbocycles. The van der Waals surface area contributed by atoms with Crippen molar-refractivity contribution in [2.45, 2.75) is 6.42 Å². The van der Waals surface area contributed by atoms with Gasteiger partial charge in [0, 0.05) is 62.4 Å². The lowest BCUT2D eigenvalue weighted by atomic mass is 10.1. The van der Waals surface area contributed by atoms with Gasteiger partial charge in [-0.1, -0.05) is 0 Å². The second-order valence-electron chi connectivity index (χ2n) is 9.26. The third-order valence-corrected chi connectivity index (χ3v) is 6.72. The van der Waals surface area contributed by atoms with E-state index in [4.69, 9.17) is 4.98 Å². The van der Waals surface area contributed by atoms with Crippen LogP contribution in [0.15, 0.2) is 61.4 Å². The van der Waals surface area contributed by atoms with Crippen molar-refractivity contribution in [2.24, 2.45) is 7.05 Å². The highest BCUT2D eigenvalue weighted by atomic mass is 19.1. The quantitative estimate of drug-likeness (QED) is 0.345. The number of carbonyl (C=O) groups excluding carboxylic acids is 1. The van der Waals surface area contributed by atoms with Gasteiger partial charge >= 0.3 is 0 Å². The molecular formula is C27H23FN10O. The number of halogens is 1. The van der Waals surface area contributed by atoms with Crippen molar-refractivity contribution in [3.63, 3.8) is 0 Å². The van der Waals surface area contributed by atoms with E-state index < -0.39 is 5.82 Å². The van der Waals surface area contributed by atoms with Gasteiger partial charge in [0.25, 0.3) is 0 Å². The highest BCUT2D eigenvalue weighted by molar-refractivity contribution is 5.83. The first-order valence-electron chi connectivity index (χ1n) is 12.4. The number of aryl methyl sites for hydroxylation is 1. The lowest BCUT2D eigenvalue weighted by Crippen LogP contribution is -2.49.